The molecule has 3 aliphatic rings. The molecule has 3 fully saturated rings. The summed E-state index contributed by atoms with van der Waals surface area (Å²) in [6.07, 6.45) is 1.72. The van der Waals surface area contributed by atoms with Crippen molar-refractivity contribution < 1.29 is 22.6 Å². The van der Waals surface area contributed by atoms with Gasteiger partial charge in [-0.2, -0.15) is 0 Å². The third-order valence-corrected chi connectivity index (χ3v) is 7.39. The van der Waals surface area contributed by atoms with E-state index in [1.54, 1.807) is 0 Å². The number of ether oxygens (including phenoxy) is 2. The molecule has 5 atom stereocenters. The van der Waals surface area contributed by atoms with Gasteiger partial charge in [0.25, 0.3) is 0 Å². The van der Waals surface area contributed by atoms with E-state index >= 15 is 0 Å². The molecule has 2 N–H and O–H groups in total. The van der Waals surface area contributed by atoms with Crippen molar-refractivity contribution in [2.24, 2.45) is 17.8 Å². The molecule has 2 aromatic rings. The molecule has 5 rings (SSSR count). The fourth-order valence-electron chi connectivity index (χ4n) is 5.89. The number of morpholine rings is 1. The first-order valence-electron chi connectivity index (χ1n) is 12.0. The quantitative estimate of drug-likeness (QED) is 0.666. The number of nitrogens with zero attached hydrogens (tertiary/aromatic N) is 4. The number of nitrogen functional groups attached to an aromatic ring is 1. The normalized spacial score (nSPS) is 29.4. The van der Waals surface area contributed by atoms with E-state index in [1.807, 2.05) is 6.20 Å². The van der Waals surface area contributed by atoms with E-state index in [0.29, 0.717) is 47.1 Å². The van der Waals surface area contributed by atoms with Crippen LogP contribution in [0.4, 0.5) is 19.0 Å². The minimum Gasteiger partial charge on any atom is -0.402 e. The number of hydrogen-bond donors (Lipinski definition) is 1. The zero-order valence-electron chi connectivity index (χ0n) is 19.8. The second-order valence-electron chi connectivity index (χ2n) is 10.3. The molecule has 0 aromatic carbocycles. The van der Waals surface area contributed by atoms with Gasteiger partial charge in [0.15, 0.2) is 11.6 Å². The minimum absolute atomic E-state index is 0.303. The van der Waals surface area contributed by atoms with Gasteiger partial charge >= 0.3 is 6.36 Å². The number of halogens is 3. The van der Waals surface area contributed by atoms with Gasteiger partial charge in [0.05, 0.1) is 18.9 Å². The summed E-state index contributed by atoms with van der Waals surface area (Å²) in [7, 11) is 0. The van der Waals surface area contributed by atoms with Crippen molar-refractivity contribution in [3.63, 3.8) is 0 Å². The molecule has 7 nitrogen and oxygen atoms in total. The van der Waals surface area contributed by atoms with Gasteiger partial charge in [-0.25, -0.2) is 9.97 Å². The number of pyridine rings is 1. The average molecular weight is 480 g/mol. The minimum atomic E-state index is -4.84. The van der Waals surface area contributed by atoms with Crippen LogP contribution in [-0.2, 0) is 11.2 Å². The van der Waals surface area contributed by atoms with Gasteiger partial charge in [-0.3, -0.25) is 4.90 Å². The Hall–Kier alpha value is -2.33. The molecule has 0 bridgehead atoms. The van der Waals surface area contributed by atoms with Crippen molar-refractivity contribution in [1.82, 2.24) is 19.4 Å². The SMILES string of the molecule is CC(C)Cc1nc(-c2cnc(N)c(OC(F)(F)F)c2)cn1C1[C@H]2CC(N3CCOCC3C)C[C@@H]12. The molecule has 0 amide bonds. The highest BCUT2D eigenvalue weighted by molar-refractivity contribution is 5.64. The van der Waals surface area contributed by atoms with Crippen molar-refractivity contribution in [3.05, 3.63) is 24.3 Å². The third-order valence-electron chi connectivity index (χ3n) is 7.39. The van der Waals surface area contributed by atoms with Crippen LogP contribution in [0.2, 0.25) is 0 Å². The van der Waals surface area contributed by atoms with Crippen molar-refractivity contribution in [1.29, 1.82) is 0 Å². The van der Waals surface area contributed by atoms with Gasteiger partial charge < -0.3 is 19.8 Å². The van der Waals surface area contributed by atoms with Gasteiger partial charge in [-0.05, 0) is 43.6 Å². The first kappa shape index (κ1) is 23.4. The highest BCUT2D eigenvalue weighted by Crippen LogP contribution is 2.62. The highest BCUT2D eigenvalue weighted by Gasteiger charge is 2.58. The van der Waals surface area contributed by atoms with Crippen LogP contribution in [0.15, 0.2) is 18.5 Å². The highest BCUT2D eigenvalue weighted by atomic mass is 19.4. The first-order chi connectivity index (χ1) is 16.1. The van der Waals surface area contributed by atoms with Gasteiger partial charge in [-0.1, -0.05) is 13.8 Å². The van der Waals surface area contributed by atoms with Gasteiger partial charge in [0, 0.05) is 49.0 Å². The maximum Gasteiger partial charge on any atom is 0.573 e. The molecule has 3 heterocycles. The lowest BCUT2D eigenvalue weighted by Crippen LogP contribution is -2.49. The summed E-state index contributed by atoms with van der Waals surface area (Å²) < 4.78 is 50.2. The maximum atomic E-state index is 12.8. The lowest BCUT2D eigenvalue weighted by molar-refractivity contribution is -0.274. The Morgan fingerprint density at radius 1 is 1.26 bits per heavy atom. The zero-order chi connectivity index (χ0) is 24.2. The predicted molar refractivity (Wildman–Crippen MR) is 121 cm³/mol. The van der Waals surface area contributed by atoms with Crippen LogP contribution in [0.5, 0.6) is 5.75 Å². The smallest absolute Gasteiger partial charge is 0.402 e. The molecule has 186 valence electrons. The Labute approximate surface area is 197 Å². The van der Waals surface area contributed by atoms with E-state index < -0.39 is 12.1 Å². The second kappa shape index (κ2) is 8.71. The van der Waals surface area contributed by atoms with Crippen molar-refractivity contribution in [2.45, 2.75) is 64.5 Å². The summed E-state index contributed by atoms with van der Waals surface area (Å²) in [5.41, 5.74) is 6.66. The predicted octanol–water partition coefficient (Wildman–Crippen LogP) is 4.29. The van der Waals surface area contributed by atoms with E-state index in [2.05, 4.69) is 40.0 Å². The standard InChI is InChI=1S/C24H32F3N5O2/c1-13(2)6-21-30-19(15-7-20(23(28)29-10-15)34-24(25,26)27)11-32(21)22-17-8-16(9-18(17)22)31-4-5-33-12-14(31)3/h7,10-11,13-14,16-18,22H,4-6,8-9,12H2,1-3H3,(H2,28,29)/t14?,16?,17-,18+,22?. The summed E-state index contributed by atoms with van der Waals surface area (Å²) in [5.74, 6) is 1.79. The number of rotatable bonds is 6. The second-order valence-corrected chi connectivity index (χ2v) is 10.3. The molecular weight excluding hydrogens is 447 g/mol. The van der Waals surface area contributed by atoms with Crippen LogP contribution in [0, 0.1) is 17.8 Å². The van der Waals surface area contributed by atoms with Crippen molar-refractivity contribution >= 4 is 5.82 Å². The number of nitrogens with two attached hydrogens (primary N) is 1. The molecule has 2 saturated carbocycles. The largest absolute Gasteiger partial charge is 0.573 e. The summed E-state index contributed by atoms with van der Waals surface area (Å²) in [6, 6.07) is 2.73. The molecule has 1 saturated heterocycles. The number of hydrogen-bond acceptors (Lipinski definition) is 6. The fraction of sp³-hybridized carbons (Fsp3) is 0.667. The van der Waals surface area contributed by atoms with E-state index in [9.17, 15) is 13.2 Å². The molecule has 0 radical (unpaired) electrons. The summed E-state index contributed by atoms with van der Waals surface area (Å²) in [6.45, 7) is 9.12. The van der Waals surface area contributed by atoms with Crippen LogP contribution < -0.4 is 10.5 Å². The van der Waals surface area contributed by atoms with E-state index in [0.717, 1.165) is 32.0 Å². The van der Waals surface area contributed by atoms with Crippen molar-refractivity contribution in [2.75, 3.05) is 25.5 Å². The fourth-order valence-corrected chi connectivity index (χ4v) is 5.89. The number of anilines is 1. The Balaban J connectivity index is 1.37. The number of fused-ring (bicyclic) bond motifs is 1. The van der Waals surface area contributed by atoms with Crippen molar-refractivity contribution in [3.8, 4) is 17.0 Å². The molecule has 2 aromatic heterocycles. The third kappa shape index (κ3) is 4.62. The molecule has 34 heavy (non-hydrogen) atoms. The van der Waals surface area contributed by atoms with Crippen LogP contribution in [0.1, 0.15) is 45.5 Å². The Morgan fingerprint density at radius 2 is 2.00 bits per heavy atom. The van der Waals surface area contributed by atoms with E-state index in [4.69, 9.17) is 15.5 Å². The van der Waals surface area contributed by atoms with Gasteiger partial charge in [0.1, 0.15) is 5.82 Å². The van der Waals surface area contributed by atoms with Crippen LogP contribution >= 0.6 is 0 Å². The van der Waals surface area contributed by atoms with E-state index in [1.165, 1.54) is 25.1 Å². The summed E-state index contributed by atoms with van der Waals surface area (Å²) in [5, 5.41) is 0. The topological polar surface area (TPSA) is 78.4 Å². The van der Waals surface area contributed by atoms with Crippen LogP contribution in [0.3, 0.4) is 0 Å². The maximum absolute atomic E-state index is 12.8. The molecule has 10 heteroatoms. The summed E-state index contributed by atoms with van der Waals surface area (Å²) in [4.78, 5) is 11.3. The Kier molecular flexibility index (Phi) is 6.00. The molecule has 3 unspecified atom stereocenters. The number of alkyl halides is 3. The monoisotopic (exact) mass is 479 g/mol. The molecule has 1 aliphatic heterocycles. The molecule has 0 spiro atoms. The Morgan fingerprint density at radius 3 is 2.65 bits per heavy atom. The van der Waals surface area contributed by atoms with Crippen LogP contribution in [-0.4, -0.2) is 57.6 Å². The number of imidazole rings is 1. The summed E-state index contributed by atoms with van der Waals surface area (Å²) >= 11 is 0. The molecular formula is C24H32F3N5O2. The molecule has 2 aliphatic carbocycles. The first-order valence-corrected chi connectivity index (χ1v) is 12.0. The Bertz CT molecular complexity index is 1030. The van der Waals surface area contributed by atoms with Crippen LogP contribution in [0.25, 0.3) is 11.3 Å². The zero-order valence-corrected chi connectivity index (χ0v) is 19.8. The van der Waals surface area contributed by atoms with Gasteiger partial charge in [0.2, 0.25) is 0 Å². The lowest BCUT2D eigenvalue weighted by Gasteiger charge is -2.38. The van der Waals surface area contributed by atoms with E-state index in [-0.39, 0.29) is 5.82 Å². The average Bonchev–Trinajstić information content (AvgIpc) is 3.08. The number of aromatic nitrogens is 3. The lowest BCUT2D eigenvalue weighted by atomic mass is 10.1. The van der Waals surface area contributed by atoms with Gasteiger partial charge in [-0.15, -0.1) is 13.2 Å².